The van der Waals surface area contributed by atoms with E-state index in [1.165, 1.54) is 23.1 Å². The van der Waals surface area contributed by atoms with E-state index in [-0.39, 0.29) is 18.4 Å². The van der Waals surface area contributed by atoms with Gasteiger partial charge in [0.15, 0.2) is 0 Å². The number of benzene rings is 1. The summed E-state index contributed by atoms with van der Waals surface area (Å²) in [6.07, 6.45) is 2.98. The van der Waals surface area contributed by atoms with Crippen LogP contribution in [0, 0.1) is 6.92 Å². The van der Waals surface area contributed by atoms with Gasteiger partial charge in [-0.15, -0.1) is 0 Å². The predicted molar refractivity (Wildman–Crippen MR) is 82.4 cm³/mol. The number of aliphatic hydroxyl groups is 1. The molecule has 0 spiro atoms. The van der Waals surface area contributed by atoms with Crippen LogP contribution >= 0.6 is 0 Å². The van der Waals surface area contributed by atoms with Gasteiger partial charge in [0.25, 0.3) is 0 Å². The highest BCUT2D eigenvalue weighted by atomic mass is 35.5. The maximum absolute atomic E-state index is 10.1. The van der Waals surface area contributed by atoms with Crippen molar-refractivity contribution in [2.45, 2.75) is 65.1 Å². The van der Waals surface area contributed by atoms with Gasteiger partial charge in [-0.25, -0.2) is 0 Å². The Bertz CT molecular complexity index is 462. The summed E-state index contributed by atoms with van der Waals surface area (Å²) in [6.45, 7) is 8.66. The van der Waals surface area contributed by atoms with Crippen molar-refractivity contribution in [2.24, 2.45) is 0 Å². The van der Waals surface area contributed by atoms with Crippen molar-refractivity contribution in [3.8, 4) is 5.75 Å². The molecule has 2 N–H and O–H groups in total. The number of aliphatic hydroxyl groups excluding tert-OH is 1. The molecule has 1 aliphatic carbocycles. The van der Waals surface area contributed by atoms with Crippen LogP contribution in [0.2, 0.25) is 0 Å². The lowest BCUT2D eigenvalue weighted by molar-refractivity contribution is -0.00000600. The van der Waals surface area contributed by atoms with Crippen LogP contribution in [0.25, 0.3) is 0 Å². The van der Waals surface area contributed by atoms with Crippen LogP contribution < -0.4 is 22.5 Å². The first-order valence-corrected chi connectivity index (χ1v) is 7.67. The Morgan fingerprint density at radius 3 is 2.52 bits per heavy atom. The van der Waals surface area contributed by atoms with E-state index in [0.29, 0.717) is 12.6 Å². The van der Waals surface area contributed by atoms with Gasteiger partial charge in [-0.1, -0.05) is 19.9 Å². The summed E-state index contributed by atoms with van der Waals surface area (Å²) in [7, 11) is 0. The Balaban J connectivity index is 0.00000220. The smallest absolute Gasteiger partial charge is 0.122 e. The molecule has 0 bridgehead atoms. The van der Waals surface area contributed by atoms with Crippen molar-refractivity contribution in [2.75, 3.05) is 6.61 Å². The molecular weight excluding hydrogens is 286 g/mol. The highest BCUT2D eigenvalue weighted by Gasteiger charge is 2.20. The Morgan fingerprint density at radius 1 is 1.19 bits per heavy atom. The molecule has 0 amide bonds. The van der Waals surface area contributed by atoms with E-state index in [2.05, 4.69) is 32.2 Å². The van der Waals surface area contributed by atoms with E-state index in [9.17, 15) is 5.11 Å². The second-order valence-corrected chi connectivity index (χ2v) is 6.18. The third-order valence-electron chi connectivity index (χ3n) is 4.06. The zero-order valence-corrected chi connectivity index (χ0v) is 14.2. The van der Waals surface area contributed by atoms with Gasteiger partial charge in [0.05, 0.1) is 0 Å². The van der Waals surface area contributed by atoms with Crippen molar-refractivity contribution in [1.29, 1.82) is 0 Å². The summed E-state index contributed by atoms with van der Waals surface area (Å²) in [4.78, 5) is 0. The molecule has 3 nitrogen and oxygen atoms in total. The number of hydrogen-bond acceptors (Lipinski definition) is 3. The molecule has 120 valence electrons. The molecule has 0 radical (unpaired) electrons. The van der Waals surface area contributed by atoms with Gasteiger partial charge in [-0.3, -0.25) is 0 Å². The van der Waals surface area contributed by atoms with Crippen molar-refractivity contribution in [3.05, 3.63) is 28.8 Å². The van der Waals surface area contributed by atoms with E-state index in [1.807, 2.05) is 13.0 Å². The summed E-state index contributed by atoms with van der Waals surface area (Å²) in [5.41, 5.74) is 4.16. The summed E-state index contributed by atoms with van der Waals surface area (Å²) in [5, 5.41) is 13.5. The number of halogens is 1. The summed E-state index contributed by atoms with van der Waals surface area (Å²) >= 11 is 0. The monoisotopic (exact) mass is 312 g/mol. The third kappa shape index (κ3) is 4.60. The molecule has 0 aliphatic heterocycles. The van der Waals surface area contributed by atoms with Gasteiger partial charge in [0.2, 0.25) is 0 Å². The molecular formula is C17H27ClNO2-. The number of fused-ring (bicyclic) bond motifs is 1. The zero-order chi connectivity index (χ0) is 14.7. The number of rotatable bonds is 6. The maximum Gasteiger partial charge on any atom is 0.122 e. The fourth-order valence-electron chi connectivity index (χ4n) is 2.94. The summed E-state index contributed by atoms with van der Waals surface area (Å²) in [5.74, 6) is 0.957. The molecule has 2 atom stereocenters. The zero-order valence-electron chi connectivity index (χ0n) is 13.4. The minimum Gasteiger partial charge on any atom is -1.00 e. The first-order chi connectivity index (χ1) is 9.49. The molecule has 0 unspecified atom stereocenters. The molecule has 21 heavy (non-hydrogen) atoms. The molecule has 0 fully saturated rings. The quantitative estimate of drug-likeness (QED) is 0.752. The average Bonchev–Trinajstić information content (AvgIpc) is 2.87. The molecule has 0 saturated heterocycles. The van der Waals surface area contributed by atoms with Crippen LogP contribution in [0.15, 0.2) is 12.1 Å². The topological polar surface area (TPSA) is 41.5 Å². The Hall–Kier alpha value is -0.770. The van der Waals surface area contributed by atoms with E-state index in [4.69, 9.17) is 4.74 Å². The standard InChI is InChI=1S/C17H27NO2.ClH/c1-11(2)18-13(4)16(19)10-20-17-9-8-12(3)14-6-5-7-15(14)17;/h8-9,11,13,16,18-19H,5-7,10H2,1-4H3;1H/p-1/t13-,16+;/m0./s1. The van der Waals surface area contributed by atoms with Crippen LogP contribution in [0.5, 0.6) is 5.75 Å². The van der Waals surface area contributed by atoms with Gasteiger partial charge < -0.3 is 27.6 Å². The van der Waals surface area contributed by atoms with Crippen LogP contribution in [0.4, 0.5) is 0 Å². The van der Waals surface area contributed by atoms with Crippen molar-refractivity contribution < 1.29 is 22.3 Å². The fourth-order valence-corrected chi connectivity index (χ4v) is 2.94. The number of nitrogens with one attached hydrogen (secondary N) is 1. The normalized spacial score (nSPS) is 16.3. The Labute approximate surface area is 134 Å². The predicted octanol–water partition coefficient (Wildman–Crippen LogP) is -0.386. The first-order valence-electron chi connectivity index (χ1n) is 7.67. The number of aryl methyl sites for hydroxylation is 1. The number of ether oxygens (including phenoxy) is 1. The van der Waals surface area contributed by atoms with Crippen LogP contribution in [-0.4, -0.2) is 29.9 Å². The van der Waals surface area contributed by atoms with Gasteiger partial charge in [0.1, 0.15) is 18.5 Å². The molecule has 1 aromatic rings. The minimum absolute atomic E-state index is 0. The maximum atomic E-state index is 10.1. The van der Waals surface area contributed by atoms with Gasteiger partial charge in [-0.2, -0.15) is 0 Å². The highest BCUT2D eigenvalue weighted by Crippen LogP contribution is 2.33. The van der Waals surface area contributed by atoms with Gasteiger partial charge in [0, 0.05) is 12.1 Å². The van der Waals surface area contributed by atoms with Crippen LogP contribution in [0.1, 0.15) is 43.9 Å². The fraction of sp³-hybridized carbons (Fsp3) is 0.647. The molecule has 1 aromatic carbocycles. The molecule has 2 rings (SSSR count). The largest absolute Gasteiger partial charge is 1.00 e. The van der Waals surface area contributed by atoms with E-state index >= 15 is 0 Å². The summed E-state index contributed by atoms with van der Waals surface area (Å²) < 4.78 is 5.88. The second-order valence-electron chi connectivity index (χ2n) is 6.18. The lowest BCUT2D eigenvalue weighted by atomic mass is 10.0. The average molecular weight is 313 g/mol. The molecule has 1 aliphatic rings. The molecule has 0 saturated carbocycles. The lowest BCUT2D eigenvalue weighted by Gasteiger charge is -2.23. The lowest BCUT2D eigenvalue weighted by Crippen LogP contribution is -3.00. The Morgan fingerprint density at radius 2 is 1.86 bits per heavy atom. The molecule has 0 aromatic heterocycles. The van der Waals surface area contributed by atoms with Gasteiger partial charge >= 0.3 is 0 Å². The van der Waals surface area contributed by atoms with Crippen molar-refractivity contribution in [3.63, 3.8) is 0 Å². The van der Waals surface area contributed by atoms with E-state index < -0.39 is 6.10 Å². The number of hydrogen-bond donors (Lipinski definition) is 2. The van der Waals surface area contributed by atoms with E-state index in [1.54, 1.807) is 0 Å². The van der Waals surface area contributed by atoms with E-state index in [0.717, 1.165) is 18.6 Å². The summed E-state index contributed by atoms with van der Waals surface area (Å²) in [6, 6.07) is 4.57. The minimum atomic E-state index is -0.490. The first kappa shape index (κ1) is 18.3. The SMILES string of the molecule is Cc1ccc(OC[C@@H](O)[C@H](C)NC(C)C)c2c1CCC2.[Cl-]. The van der Waals surface area contributed by atoms with Crippen LogP contribution in [0.3, 0.4) is 0 Å². The molecule has 4 heteroatoms. The van der Waals surface area contributed by atoms with Crippen molar-refractivity contribution in [1.82, 2.24) is 5.32 Å². The van der Waals surface area contributed by atoms with Gasteiger partial charge in [-0.05, 0) is 55.9 Å². The van der Waals surface area contributed by atoms with Crippen LogP contribution in [-0.2, 0) is 12.8 Å². The molecule has 0 heterocycles. The highest BCUT2D eigenvalue weighted by molar-refractivity contribution is 5.47. The second kappa shape index (κ2) is 8.02. The van der Waals surface area contributed by atoms with Crippen molar-refractivity contribution >= 4 is 0 Å². The third-order valence-corrected chi connectivity index (χ3v) is 4.06. The Kier molecular flexibility index (Phi) is 6.98.